The minimum absolute atomic E-state index is 0.600. The average Bonchev–Trinajstić information content (AvgIpc) is 3.07. The lowest BCUT2D eigenvalue weighted by Crippen LogP contribution is -2.23. The molecule has 3 rings (SSSR count). The Balaban J connectivity index is 1.79. The number of fused-ring (bicyclic) bond motifs is 1. The van der Waals surface area contributed by atoms with Gasteiger partial charge < -0.3 is 10.2 Å². The van der Waals surface area contributed by atoms with Gasteiger partial charge in [-0.15, -0.1) is 0 Å². The number of likely N-dealkylation sites (tertiary alicyclic amines) is 1. The molecule has 0 radical (unpaired) electrons. The molecule has 0 aliphatic carbocycles. The Kier molecular flexibility index (Phi) is 4.00. The van der Waals surface area contributed by atoms with E-state index < -0.39 is 0 Å². The third kappa shape index (κ3) is 2.82. The number of anilines is 1. The van der Waals surface area contributed by atoms with Crippen molar-refractivity contribution < 1.29 is 4.74 Å². The number of aromatic nitrogens is 4. The fourth-order valence-corrected chi connectivity index (χ4v) is 2.88. The fourth-order valence-electron chi connectivity index (χ4n) is 2.88. The zero-order chi connectivity index (χ0) is 14.8. The Hall–Kier alpha value is -1.77. The van der Waals surface area contributed by atoms with Crippen LogP contribution >= 0.6 is 0 Å². The van der Waals surface area contributed by atoms with Gasteiger partial charge in [-0.1, -0.05) is 0 Å². The first kappa shape index (κ1) is 14.2. The topological polar surface area (TPSA) is 94.1 Å². The van der Waals surface area contributed by atoms with Gasteiger partial charge in [-0.3, -0.25) is 9.58 Å². The van der Waals surface area contributed by atoms with Crippen LogP contribution in [0.2, 0.25) is 0 Å². The van der Waals surface area contributed by atoms with Crippen LogP contribution in [0.5, 0.6) is 0 Å². The summed E-state index contributed by atoms with van der Waals surface area (Å²) in [5.41, 5.74) is 3.43. The van der Waals surface area contributed by atoms with Crippen LogP contribution in [-0.2, 0) is 18.3 Å². The molecule has 2 aromatic rings. The number of nitrogens with one attached hydrogen (secondary N) is 1. The van der Waals surface area contributed by atoms with Crippen LogP contribution in [0.25, 0.3) is 11.0 Å². The van der Waals surface area contributed by atoms with Crippen molar-refractivity contribution in [2.24, 2.45) is 18.8 Å². The van der Waals surface area contributed by atoms with E-state index in [1.54, 1.807) is 18.0 Å². The van der Waals surface area contributed by atoms with Gasteiger partial charge in [0.05, 0.1) is 24.7 Å². The minimum atomic E-state index is 0.600. The average molecular weight is 291 g/mol. The molecule has 1 fully saturated rings. The number of nitrogen functional groups attached to an aromatic ring is 1. The Morgan fingerprint density at radius 2 is 2.33 bits per heavy atom. The molecule has 21 heavy (non-hydrogen) atoms. The molecule has 1 atom stereocenters. The molecule has 8 nitrogen and oxygen atoms in total. The minimum Gasteiger partial charge on any atom is -0.384 e. The SMILES string of the molecule is COCC1CCN(Cc2nc(NN)c3cnn(C)c3n2)C1. The van der Waals surface area contributed by atoms with Crippen LogP contribution in [0.15, 0.2) is 6.20 Å². The Morgan fingerprint density at radius 1 is 1.48 bits per heavy atom. The molecular weight excluding hydrogens is 270 g/mol. The summed E-state index contributed by atoms with van der Waals surface area (Å²) in [6.07, 6.45) is 2.88. The van der Waals surface area contributed by atoms with Gasteiger partial charge in [-0.05, 0) is 18.9 Å². The maximum Gasteiger partial charge on any atom is 0.163 e. The maximum atomic E-state index is 5.56. The van der Waals surface area contributed by atoms with Crippen molar-refractivity contribution in [3.8, 4) is 0 Å². The second-order valence-electron chi connectivity index (χ2n) is 5.48. The van der Waals surface area contributed by atoms with Gasteiger partial charge in [-0.25, -0.2) is 15.8 Å². The van der Waals surface area contributed by atoms with E-state index in [0.29, 0.717) is 11.7 Å². The number of hydrogen-bond acceptors (Lipinski definition) is 7. The number of ether oxygens (including phenoxy) is 1. The van der Waals surface area contributed by atoms with Crippen molar-refractivity contribution in [2.45, 2.75) is 13.0 Å². The van der Waals surface area contributed by atoms with Crippen molar-refractivity contribution in [1.82, 2.24) is 24.6 Å². The van der Waals surface area contributed by atoms with E-state index in [1.807, 2.05) is 7.05 Å². The quantitative estimate of drug-likeness (QED) is 0.596. The highest BCUT2D eigenvalue weighted by atomic mass is 16.5. The number of hydrazine groups is 1. The first-order valence-corrected chi connectivity index (χ1v) is 7.07. The number of nitrogens with two attached hydrogens (primary N) is 1. The highest BCUT2D eigenvalue weighted by Gasteiger charge is 2.23. The molecule has 1 saturated heterocycles. The lowest BCUT2D eigenvalue weighted by Gasteiger charge is -2.15. The van der Waals surface area contributed by atoms with Crippen molar-refractivity contribution >= 4 is 16.9 Å². The van der Waals surface area contributed by atoms with Crippen LogP contribution < -0.4 is 11.3 Å². The summed E-state index contributed by atoms with van der Waals surface area (Å²) in [6.45, 7) is 3.60. The van der Waals surface area contributed by atoms with E-state index >= 15 is 0 Å². The van der Waals surface area contributed by atoms with Gasteiger partial charge in [0.1, 0.15) is 5.82 Å². The number of nitrogens with zero attached hydrogens (tertiary/aromatic N) is 5. The molecule has 0 saturated carbocycles. The van der Waals surface area contributed by atoms with Crippen LogP contribution in [0.3, 0.4) is 0 Å². The molecule has 1 aliphatic heterocycles. The largest absolute Gasteiger partial charge is 0.384 e. The fraction of sp³-hybridized carbons (Fsp3) is 0.615. The number of methoxy groups -OCH3 is 1. The summed E-state index contributed by atoms with van der Waals surface area (Å²) in [7, 11) is 3.62. The Morgan fingerprint density at radius 3 is 3.10 bits per heavy atom. The third-order valence-electron chi connectivity index (χ3n) is 3.91. The predicted octanol–water partition coefficient (Wildman–Crippen LogP) is 0.117. The molecule has 3 heterocycles. The molecule has 1 aliphatic rings. The highest BCUT2D eigenvalue weighted by Crippen LogP contribution is 2.21. The van der Waals surface area contributed by atoms with E-state index in [2.05, 4.69) is 25.4 Å². The molecule has 2 aromatic heterocycles. The van der Waals surface area contributed by atoms with E-state index in [4.69, 9.17) is 10.6 Å². The van der Waals surface area contributed by atoms with Gasteiger partial charge in [0, 0.05) is 20.7 Å². The number of rotatable bonds is 5. The van der Waals surface area contributed by atoms with Crippen molar-refractivity contribution in [1.29, 1.82) is 0 Å². The molecule has 0 spiro atoms. The van der Waals surface area contributed by atoms with Gasteiger partial charge >= 0.3 is 0 Å². The standard InChI is InChI=1S/C13H21N7O/c1-19-13-10(5-15-19)12(18-14)16-11(17-13)7-20-4-3-9(6-20)8-21-2/h5,9H,3-4,6-8,14H2,1-2H3,(H,16,17,18). The zero-order valence-electron chi connectivity index (χ0n) is 12.4. The zero-order valence-corrected chi connectivity index (χ0v) is 12.4. The van der Waals surface area contributed by atoms with Gasteiger partial charge in [0.25, 0.3) is 0 Å². The predicted molar refractivity (Wildman–Crippen MR) is 79.4 cm³/mol. The molecular formula is C13H21N7O. The summed E-state index contributed by atoms with van der Waals surface area (Å²) in [6, 6.07) is 0. The molecule has 0 amide bonds. The van der Waals surface area contributed by atoms with Gasteiger partial charge in [0.2, 0.25) is 0 Å². The molecule has 1 unspecified atom stereocenters. The van der Waals surface area contributed by atoms with Gasteiger partial charge in [0.15, 0.2) is 11.5 Å². The first-order valence-electron chi connectivity index (χ1n) is 7.07. The van der Waals surface area contributed by atoms with Crippen LogP contribution in [0.1, 0.15) is 12.2 Å². The van der Waals surface area contributed by atoms with Crippen molar-refractivity contribution in [2.75, 3.05) is 32.2 Å². The third-order valence-corrected chi connectivity index (χ3v) is 3.91. The molecule has 3 N–H and O–H groups in total. The maximum absolute atomic E-state index is 5.56. The molecule has 0 aromatic carbocycles. The highest BCUT2D eigenvalue weighted by molar-refractivity contribution is 5.86. The smallest absolute Gasteiger partial charge is 0.163 e. The summed E-state index contributed by atoms with van der Waals surface area (Å²) >= 11 is 0. The monoisotopic (exact) mass is 291 g/mol. The van der Waals surface area contributed by atoms with E-state index in [9.17, 15) is 0 Å². The second kappa shape index (κ2) is 5.92. The second-order valence-corrected chi connectivity index (χ2v) is 5.48. The molecule has 0 bridgehead atoms. The molecule has 8 heteroatoms. The van der Waals surface area contributed by atoms with E-state index in [1.165, 1.54) is 0 Å². The summed E-state index contributed by atoms with van der Waals surface area (Å²) in [5.74, 6) is 7.54. The van der Waals surface area contributed by atoms with E-state index in [0.717, 1.165) is 49.5 Å². The van der Waals surface area contributed by atoms with E-state index in [-0.39, 0.29) is 0 Å². The van der Waals surface area contributed by atoms with Crippen LogP contribution in [0.4, 0.5) is 5.82 Å². The summed E-state index contributed by atoms with van der Waals surface area (Å²) in [4.78, 5) is 11.4. The Labute approximate surface area is 123 Å². The normalized spacial score (nSPS) is 19.5. The number of aryl methyl sites for hydroxylation is 1. The lowest BCUT2D eigenvalue weighted by molar-refractivity contribution is 0.152. The van der Waals surface area contributed by atoms with Crippen molar-refractivity contribution in [3.05, 3.63) is 12.0 Å². The lowest BCUT2D eigenvalue weighted by atomic mass is 10.1. The summed E-state index contributed by atoms with van der Waals surface area (Å²) < 4.78 is 6.96. The summed E-state index contributed by atoms with van der Waals surface area (Å²) in [5, 5.41) is 5.04. The number of hydrogen-bond donors (Lipinski definition) is 2. The van der Waals surface area contributed by atoms with Gasteiger partial charge in [-0.2, -0.15) is 5.10 Å². The first-order chi connectivity index (χ1) is 10.2. The van der Waals surface area contributed by atoms with Crippen LogP contribution in [-0.4, -0.2) is 51.5 Å². The van der Waals surface area contributed by atoms with Crippen LogP contribution in [0, 0.1) is 5.92 Å². The Bertz CT molecular complexity index is 626. The molecule has 114 valence electrons. The van der Waals surface area contributed by atoms with Crippen molar-refractivity contribution in [3.63, 3.8) is 0 Å².